The van der Waals surface area contributed by atoms with Crippen LogP contribution in [0, 0.1) is 0 Å². The van der Waals surface area contributed by atoms with Crippen molar-refractivity contribution in [2.45, 2.75) is 38.1 Å². The number of methoxy groups -OCH3 is 1. The van der Waals surface area contributed by atoms with E-state index in [1.54, 1.807) is 37.4 Å². The van der Waals surface area contributed by atoms with Gasteiger partial charge < -0.3 is 19.8 Å². The molecule has 1 fully saturated rings. The molecule has 0 unspecified atom stereocenters. The van der Waals surface area contributed by atoms with Crippen molar-refractivity contribution < 1.29 is 13.9 Å². The molecule has 0 atom stereocenters. The van der Waals surface area contributed by atoms with Gasteiger partial charge in [0.05, 0.1) is 12.8 Å². The Kier molecular flexibility index (Phi) is 5.51. The highest BCUT2D eigenvalue weighted by molar-refractivity contribution is 6.08. The zero-order chi connectivity index (χ0) is 20.2. The lowest BCUT2D eigenvalue weighted by Crippen LogP contribution is -2.26. The molecule has 2 N–H and O–H groups in total. The summed E-state index contributed by atoms with van der Waals surface area (Å²) >= 11 is 0. The van der Waals surface area contributed by atoms with Crippen LogP contribution in [0.4, 0.5) is 11.4 Å². The van der Waals surface area contributed by atoms with Crippen LogP contribution in [0.2, 0.25) is 0 Å². The van der Waals surface area contributed by atoms with Gasteiger partial charge >= 0.3 is 5.63 Å². The normalized spacial score (nSPS) is 14.5. The van der Waals surface area contributed by atoms with E-state index in [1.165, 1.54) is 6.42 Å². The molecule has 0 bridgehead atoms. The van der Waals surface area contributed by atoms with Crippen LogP contribution in [0.5, 0.6) is 5.75 Å². The van der Waals surface area contributed by atoms with Crippen molar-refractivity contribution in [1.29, 1.82) is 0 Å². The number of ether oxygens (including phenoxy) is 1. The molecule has 0 radical (unpaired) electrons. The van der Waals surface area contributed by atoms with Crippen LogP contribution in [-0.2, 0) is 0 Å². The van der Waals surface area contributed by atoms with Gasteiger partial charge in [-0.25, -0.2) is 4.79 Å². The maximum atomic E-state index is 12.8. The Hall–Kier alpha value is -3.28. The number of para-hydroxylation sites is 1. The molecule has 6 nitrogen and oxygen atoms in total. The molecule has 29 heavy (non-hydrogen) atoms. The number of fused-ring (bicyclic) bond motifs is 1. The zero-order valence-electron chi connectivity index (χ0n) is 16.4. The Labute approximate surface area is 168 Å². The molecule has 1 saturated carbocycles. The van der Waals surface area contributed by atoms with E-state index < -0.39 is 5.63 Å². The summed E-state index contributed by atoms with van der Waals surface area (Å²) in [6.45, 7) is 0. The monoisotopic (exact) mass is 392 g/mol. The number of anilines is 2. The van der Waals surface area contributed by atoms with Gasteiger partial charge in [0.25, 0.3) is 5.91 Å². The van der Waals surface area contributed by atoms with Gasteiger partial charge in [0, 0.05) is 17.0 Å². The minimum absolute atomic E-state index is 0.148. The molecule has 1 amide bonds. The zero-order valence-corrected chi connectivity index (χ0v) is 16.4. The van der Waals surface area contributed by atoms with Gasteiger partial charge in [-0.3, -0.25) is 4.79 Å². The summed E-state index contributed by atoms with van der Waals surface area (Å²) in [6.07, 6.45) is 5.63. The largest absolute Gasteiger partial charge is 0.497 e. The molecule has 0 spiro atoms. The molecular formula is C23H24N2O4. The molecule has 0 aliphatic heterocycles. The predicted octanol–water partition coefficient (Wildman–Crippen LogP) is 4.80. The van der Waals surface area contributed by atoms with E-state index in [4.69, 9.17) is 9.15 Å². The maximum absolute atomic E-state index is 12.8. The summed E-state index contributed by atoms with van der Waals surface area (Å²) in [4.78, 5) is 25.5. The number of carbonyl (C=O) groups excluding carboxylic acids is 1. The Morgan fingerprint density at radius 2 is 1.72 bits per heavy atom. The summed E-state index contributed by atoms with van der Waals surface area (Å²) in [6, 6.07) is 14.4. The highest BCUT2D eigenvalue weighted by Crippen LogP contribution is 2.32. The fraction of sp³-hybridized carbons (Fsp3) is 0.304. The molecule has 150 valence electrons. The topological polar surface area (TPSA) is 80.6 Å². The molecule has 1 heterocycles. The first-order chi connectivity index (χ1) is 14.2. The second kappa shape index (κ2) is 8.39. The minimum atomic E-state index is -0.566. The number of hydrogen-bond acceptors (Lipinski definition) is 5. The smallest absolute Gasteiger partial charge is 0.362 e. The van der Waals surface area contributed by atoms with Gasteiger partial charge in [-0.15, -0.1) is 0 Å². The Morgan fingerprint density at radius 1 is 1.00 bits per heavy atom. The first-order valence-electron chi connectivity index (χ1n) is 9.93. The van der Waals surface area contributed by atoms with Crippen molar-refractivity contribution in [1.82, 2.24) is 0 Å². The van der Waals surface area contributed by atoms with E-state index in [-0.39, 0.29) is 17.6 Å². The van der Waals surface area contributed by atoms with Gasteiger partial charge in [0.1, 0.15) is 11.3 Å². The summed E-state index contributed by atoms with van der Waals surface area (Å²) in [7, 11) is 1.57. The molecular weight excluding hydrogens is 368 g/mol. The molecule has 4 rings (SSSR count). The van der Waals surface area contributed by atoms with Crippen LogP contribution in [0.3, 0.4) is 0 Å². The number of carbonyl (C=O) groups is 1. The van der Waals surface area contributed by atoms with Crippen LogP contribution in [0.25, 0.3) is 11.0 Å². The van der Waals surface area contributed by atoms with Crippen LogP contribution in [0.15, 0.2) is 57.7 Å². The van der Waals surface area contributed by atoms with Gasteiger partial charge in [-0.05, 0) is 49.2 Å². The molecule has 0 saturated heterocycles. The third-order valence-electron chi connectivity index (χ3n) is 5.36. The number of benzene rings is 2. The first kappa shape index (κ1) is 19.1. The predicted molar refractivity (Wildman–Crippen MR) is 114 cm³/mol. The lowest BCUT2D eigenvalue weighted by molar-refractivity contribution is 0.102. The average Bonchev–Trinajstić information content (AvgIpc) is 2.76. The van der Waals surface area contributed by atoms with E-state index in [0.717, 1.165) is 31.1 Å². The molecule has 6 heteroatoms. The van der Waals surface area contributed by atoms with Crippen LogP contribution in [-0.4, -0.2) is 19.1 Å². The third kappa shape index (κ3) is 4.11. The number of hydrogen-bond donors (Lipinski definition) is 2. The first-order valence-corrected chi connectivity index (χ1v) is 9.93. The minimum Gasteiger partial charge on any atom is -0.497 e. The van der Waals surface area contributed by atoms with E-state index in [1.807, 2.05) is 18.2 Å². The van der Waals surface area contributed by atoms with Crippen molar-refractivity contribution >= 4 is 28.3 Å². The quantitative estimate of drug-likeness (QED) is 0.610. The maximum Gasteiger partial charge on any atom is 0.362 e. The van der Waals surface area contributed by atoms with E-state index in [2.05, 4.69) is 10.6 Å². The average molecular weight is 392 g/mol. The molecule has 3 aromatic rings. The van der Waals surface area contributed by atoms with Crippen LogP contribution < -0.4 is 21.0 Å². The number of nitrogens with one attached hydrogen (secondary N) is 2. The number of rotatable bonds is 5. The van der Waals surface area contributed by atoms with Crippen molar-refractivity contribution in [3.8, 4) is 5.75 Å². The fourth-order valence-corrected chi connectivity index (χ4v) is 3.79. The number of amides is 1. The Bertz CT molecular complexity index is 1070. The summed E-state index contributed by atoms with van der Waals surface area (Å²) in [5, 5.41) is 7.06. The highest BCUT2D eigenvalue weighted by Gasteiger charge is 2.21. The van der Waals surface area contributed by atoms with Crippen molar-refractivity contribution in [3.63, 3.8) is 0 Å². The summed E-state index contributed by atoms with van der Waals surface area (Å²) in [5.41, 5.74) is 1.14. The molecule has 2 aromatic carbocycles. The molecule has 1 aliphatic rings. The van der Waals surface area contributed by atoms with Crippen LogP contribution >= 0.6 is 0 Å². The van der Waals surface area contributed by atoms with Gasteiger partial charge in [0.15, 0.2) is 5.69 Å². The molecule has 1 aliphatic carbocycles. The van der Waals surface area contributed by atoms with E-state index in [0.29, 0.717) is 22.6 Å². The standard InChI is InChI=1S/C23H24N2O4/c1-28-17-13-11-15(12-14-17)22(26)25-21-20(24-16-7-3-2-4-8-16)18-9-5-6-10-19(18)29-23(21)27/h5-6,9-14,16,24H,2-4,7-8H2,1H3,(H,25,26). The highest BCUT2D eigenvalue weighted by atomic mass is 16.5. The Morgan fingerprint density at radius 3 is 2.45 bits per heavy atom. The Balaban J connectivity index is 1.71. The second-order valence-corrected chi connectivity index (χ2v) is 7.30. The summed E-state index contributed by atoms with van der Waals surface area (Å²) < 4.78 is 10.6. The lowest BCUT2D eigenvalue weighted by Gasteiger charge is -2.25. The molecule has 1 aromatic heterocycles. The fourth-order valence-electron chi connectivity index (χ4n) is 3.79. The summed E-state index contributed by atoms with van der Waals surface area (Å²) in [5.74, 6) is 0.286. The SMILES string of the molecule is COc1ccc(C(=O)Nc2c(NC3CCCCC3)c3ccccc3oc2=O)cc1. The van der Waals surface area contributed by atoms with Crippen molar-refractivity contribution in [2.75, 3.05) is 17.7 Å². The van der Waals surface area contributed by atoms with E-state index in [9.17, 15) is 9.59 Å². The second-order valence-electron chi connectivity index (χ2n) is 7.30. The van der Waals surface area contributed by atoms with E-state index >= 15 is 0 Å². The van der Waals surface area contributed by atoms with Crippen molar-refractivity contribution in [3.05, 3.63) is 64.5 Å². The van der Waals surface area contributed by atoms with Crippen molar-refractivity contribution in [2.24, 2.45) is 0 Å². The lowest BCUT2D eigenvalue weighted by atomic mass is 9.95. The third-order valence-corrected chi connectivity index (χ3v) is 5.36. The van der Waals surface area contributed by atoms with Gasteiger partial charge in [-0.1, -0.05) is 31.4 Å². The van der Waals surface area contributed by atoms with Gasteiger partial charge in [-0.2, -0.15) is 0 Å². The van der Waals surface area contributed by atoms with Crippen LogP contribution in [0.1, 0.15) is 42.5 Å². The van der Waals surface area contributed by atoms with Gasteiger partial charge in [0.2, 0.25) is 0 Å².